The third-order valence-corrected chi connectivity index (χ3v) is 3.38. The maximum Gasteiger partial charge on any atom is 0.223 e. The topological polar surface area (TPSA) is 55.1 Å². The van der Waals surface area contributed by atoms with E-state index in [1.807, 2.05) is 18.7 Å². The molecular formula is C9H18N2OS. The quantitative estimate of drug-likeness (QED) is 0.704. The molecule has 0 aromatic heterocycles. The van der Waals surface area contributed by atoms with Crippen LogP contribution >= 0.6 is 11.8 Å². The first kappa shape index (κ1) is 10.9. The molecule has 0 spiro atoms. The van der Waals surface area contributed by atoms with E-state index < -0.39 is 0 Å². The minimum Gasteiger partial charge on any atom is -0.352 e. The van der Waals surface area contributed by atoms with Crippen molar-refractivity contribution in [3.05, 3.63) is 0 Å². The van der Waals surface area contributed by atoms with Gasteiger partial charge in [0.25, 0.3) is 0 Å². The molecule has 76 valence electrons. The van der Waals surface area contributed by atoms with Crippen molar-refractivity contribution < 1.29 is 4.79 Å². The maximum atomic E-state index is 11.6. The van der Waals surface area contributed by atoms with Gasteiger partial charge in [-0.15, -0.1) is 0 Å². The van der Waals surface area contributed by atoms with Crippen molar-refractivity contribution in [3.63, 3.8) is 0 Å². The molecule has 0 radical (unpaired) electrons. The smallest absolute Gasteiger partial charge is 0.223 e. The van der Waals surface area contributed by atoms with E-state index in [0.717, 1.165) is 24.3 Å². The van der Waals surface area contributed by atoms with Gasteiger partial charge in [0.15, 0.2) is 0 Å². The molecule has 13 heavy (non-hydrogen) atoms. The molecule has 1 saturated heterocycles. The van der Waals surface area contributed by atoms with Gasteiger partial charge in [-0.05, 0) is 31.3 Å². The highest BCUT2D eigenvalue weighted by Gasteiger charge is 2.21. The number of nitrogens with two attached hydrogens (primary N) is 1. The number of carbonyl (C=O) groups is 1. The summed E-state index contributed by atoms with van der Waals surface area (Å²) in [5.41, 5.74) is 5.43. The van der Waals surface area contributed by atoms with E-state index in [0.29, 0.717) is 6.54 Å². The van der Waals surface area contributed by atoms with Crippen molar-refractivity contribution in [2.75, 3.05) is 18.1 Å². The third-order valence-electron chi connectivity index (χ3n) is 2.33. The lowest BCUT2D eigenvalue weighted by Crippen LogP contribution is -2.42. The van der Waals surface area contributed by atoms with Gasteiger partial charge in [-0.3, -0.25) is 4.79 Å². The van der Waals surface area contributed by atoms with Crippen LogP contribution in [0.4, 0.5) is 0 Å². The van der Waals surface area contributed by atoms with Crippen LogP contribution in [-0.2, 0) is 4.79 Å². The lowest BCUT2D eigenvalue weighted by molar-refractivity contribution is -0.125. The van der Waals surface area contributed by atoms with Crippen LogP contribution in [0.5, 0.6) is 0 Å². The van der Waals surface area contributed by atoms with Gasteiger partial charge in [0.2, 0.25) is 5.91 Å². The first-order chi connectivity index (χ1) is 6.24. The van der Waals surface area contributed by atoms with Crippen molar-refractivity contribution in [1.82, 2.24) is 5.32 Å². The SMILES string of the molecule is C[C@@H](CN)NC(=O)C1CCSCC1. The summed E-state index contributed by atoms with van der Waals surface area (Å²) in [5.74, 6) is 2.66. The molecule has 3 nitrogen and oxygen atoms in total. The second-order valence-corrected chi connectivity index (χ2v) is 4.76. The van der Waals surface area contributed by atoms with Crippen molar-refractivity contribution in [2.24, 2.45) is 11.7 Å². The normalized spacial score (nSPS) is 21.1. The van der Waals surface area contributed by atoms with Crippen LogP contribution in [0.15, 0.2) is 0 Å². The zero-order valence-electron chi connectivity index (χ0n) is 8.08. The standard InChI is InChI=1S/C9H18N2OS/c1-7(6-10)11-9(12)8-2-4-13-5-3-8/h7-8H,2-6,10H2,1H3,(H,11,12)/t7-/m0/s1. The summed E-state index contributed by atoms with van der Waals surface area (Å²) < 4.78 is 0. The maximum absolute atomic E-state index is 11.6. The number of thioether (sulfide) groups is 1. The van der Waals surface area contributed by atoms with Crippen molar-refractivity contribution >= 4 is 17.7 Å². The predicted molar refractivity (Wildman–Crippen MR) is 56.7 cm³/mol. The minimum atomic E-state index is 0.113. The first-order valence-corrected chi connectivity index (χ1v) is 5.97. The molecule has 1 atom stereocenters. The fraction of sp³-hybridized carbons (Fsp3) is 0.889. The van der Waals surface area contributed by atoms with E-state index in [-0.39, 0.29) is 17.9 Å². The number of nitrogens with one attached hydrogen (secondary N) is 1. The Labute approximate surface area is 83.8 Å². The molecule has 1 heterocycles. The molecule has 1 aliphatic heterocycles. The highest BCUT2D eigenvalue weighted by atomic mass is 32.2. The summed E-state index contributed by atoms with van der Waals surface area (Å²) in [5, 5.41) is 2.93. The van der Waals surface area contributed by atoms with Crippen LogP contribution in [0.1, 0.15) is 19.8 Å². The Morgan fingerprint density at radius 3 is 2.77 bits per heavy atom. The molecule has 0 aromatic rings. The Kier molecular flexibility index (Phi) is 4.59. The largest absolute Gasteiger partial charge is 0.352 e. The van der Waals surface area contributed by atoms with E-state index in [9.17, 15) is 4.79 Å². The van der Waals surface area contributed by atoms with E-state index in [4.69, 9.17) is 5.73 Å². The molecule has 1 aliphatic rings. The van der Waals surface area contributed by atoms with Gasteiger partial charge in [-0.25, -0.2) is 0 Å². The summed E-state index contributed by atoms with van der Waals surface area (Å²) in [6.45, 7) is 2.46. The molecule has 0 bridgehead atoms. The summed E-state index contributed by atoms with van der Waals surface area (Å²) in [6, 6.07) is 0.113. The van der Waals surface area contributed by atoms with Gasteiger partial charge >= 0.3 is 0 Å². The van der Waals surface area contributed by atoms with Crippen molar-refractivity contribution in [3.8, 4) is 0 Å². The summed E-state index contributed by atoms with van der Waals surface area (Å²) >= 11 is 1.94. The number of amides is 1. The van der Waals surface area contributed by atoms with E-state index in [2.05, 4.69) is 5.32 Å². The van der Waals surface area contributed by atoms with Crippen LogP contribution in [0.2, 0.25) is 0 Å². The Morgan fingerprint density at radius 2 is 2.23 bits per heavy atom. The second kappa shape index (κ2) is 5.50. The lowest BCUT2D eigenvalue weighted by atomic mass is 10.0. The molecule has 0 saturated carbocycles. The molecule has 4 heteroatoms. The second-order valence-electron chi connectivity index (χ2n) is 3.53. The average molecular weight is 202 g/mol. The molecule has 1 fully saturated rings. The first-order valence-electron chi connectivity index (χ1n) is 4.82. The molecule has 1 amide bonds. The van der Waals surface area contributed by atoms with Gasteiger partial charge in [-0.2, -0.15) is 11.8 Å². The van der Waals surface area contributed by atoms with E-state index >= 15 is 0 Å². The van der Waals surface area contributed by atoms with E-state index in [1.165, 1.54) is 0 Å². The van der Waals surface area contributed by atoms with Crippen LogP contribution in [0.25, 0.3) is 0 Å². The fourth-order valence-electron chi connectivity index (χ4n) is 1.38. The Balaban J connectivity index is 2.29. The molecule has 0 aromatic carbocycles. The van der Waals surface area contributed by atoms with E-state index in [1.54, 1.807) is 0 Å². The van der Waals surface area contributed by atoms with Gasteiger partial charge in [-0.1, -0.05) is 0 Å². The Hall–Kier alpha value is -0.220. The van der Waals surface area contributed by atoms with Crippen LogP contribution in [0.3, 0.4) is 0 Å². The Morgan fingerprint density at radius 1 is 1.62 bits per heavy atom. The predicted octanol–water partition coefficient (Wildman–Crippen LogP) is 0.593. The third kappa shape index (κ3) is 3.56. The molecule has 1 rings (SSSR count). The zero-order chi connectivity index (χ0) is 9.68. The fourth-order valence-corrected chi connectivity index (χ4v) is 2.49. The van der Waals surface area contributed by atoms with Crippen LogP contribution in [0, 0.1) is 5.92 Å². The summed E-state index contributed by atoms with van der Waals surface area (Å²) in [7, 11) is 0. The summed E-state index contributed by atoms with van der Waals surface area (Å²) in [4.78, 5) is 11.6. The molecular weight excluding hydrogens is 184 g/mol. The average Bonchev–Trinajstić information content (AvgIpc) is 2.19. The monoisotopic (exact) mass is 202 g/mol. The van der Waals surface area contributed by atoms with Gasteiger partial charge < -0.3 is 11.1 Å². The van der Waals surface area contributed by atoms with Crippen LogP contribution in [-0.4, -0.2) is 30.0 Å². The molecule has 0 aliphatic carbocycles. The Bertz CT molecular complexity index is 169. The van der Waals surface area contributed by atoms with Crippen molar-refractivity contribution in [2.45, 2.75) is 25.8 Å². The molecule has 3 N–H and O–H groups in total. The number of carbonyl (C=O) groups excluding carboxylic acids is 1. The van der Waals surface area contributed by atoms with Gasteiger partial charge in [0.1, 0.15) is 0 Å². The van der Waals surface area contributed by atoms with Gasteiger partial charge in [0, 0.05) is 18.5 Å². The van der Waals surface area contributed by atoms with Crippen molar-refractivity contribution in [1.29, 1.82) is 0 Å². The minimum absolute atomic E-state index is 0.113. The van der Waals surface area contributed by atoms with Gasteiger partial charge in [0.05, 0.1) is 0 Å². The van der Waals surface area contributed by atoms with Crippen LogP contribution < -0.4 is 11.1 Å². The number of hydrogen-bond donors (Lipinski definition) is 2. The number of hydrogen-bond acceptors (Lipinski definition) is 3. The highest BCUT2D eigenvalue weighted by molar-refractivity contribution is 7.99. The summed E-state index contributed by atoms with van der Waals surface area (Å²) in [6.07, 6.45) is 2.04. The highest BCUT2D eigenvalue weighted by Crippen LogP contribution is 2.22. The number of rotatable bonds is 3. The molecule has 0 unspecified atom stereocenters. The lowest BCUT2D eigenvalue weighted by Gasteiger charge is -2.22. The zero-order valence-corrected chi connectivity index (χ0v) is 8.90.